The normalized spacial score (nSPS) is 17.8. The lowest BCUT2D eigenvalue weighted by molar-refractivity contribution is 0.230. The smallest absolute Gasteiger partial charge is 0.245 e. The Kier molecular flexibility index (Phi) is 4.86. The molecule has 150 valence electrons. The summed E-state index contributed by atoms with van der Waals surface area (Å²) in [5, 5.41) is 0. The van der Waals surface area contributed by atoms with E-state index in [1.54, 1.807) is 25.1 Å². The summed E-state index contributed by atoms with van der Waals surface area (Å²) in [6.07, 6.45) is 7.17. The molecule has 1 aliphatic heterocycles. The third kappa shape index (κ3) is 3.31. The molecular formula is C26H21N4O+. The van der Waals surface area contributed by atoms with Crippen molar-refractivity contribution >= 4 is 23.8 Å². The molecule has 0 saturated heterocycles. The molecule has 2 heterocycles. The van der Waals surface area contributed by atoms with Gasteiger partial charge in [-0.25, -0.2) is 14.3 Å². The highest BCUT2D eigenvalue weighted by Crippen LogP contribution is 2.40. The minimum absolute atomic E-state index is 0.115. The molecule has 1 aliphatic rings. The van der Waals surface area contributed by atoms with Gasteiger partial charge >= 0.3 is 6.03 Å². The summed E-state index contributed by atoms with van der Waals surface area (Å²) in [4.78, 5) is 22.9. The number of amides is 1. The predicted octanol–water partition coefficient (Wildman–Crippen LogP) is 5.51. The van der Waals surface area contributed by atoms with Crippen LogP contribution in [0, 0.1) is 0 Å². The number of allylic oxidation sites excluding steroid dienone is 1. The fourth-order valence-electron chi connectivity index (χ4n) is 4.01. The Hall–Kier alpha value is -4.09. The Labute approximate surface area is 180 Å². The van der Waals surface area contributed by atoms with Gasteiger partial charge in [0.25, 0.3) is 0 Å². The SMILES string of the molecule is O=C(n1ccnc1)[N+]1(c2ccccc2)C=NC(c2ccccc2)=C1Cc1ccccc1. The van der Waals surface area contributed by atoms with Gasteiger partial charge in [-0.3, -0.25) is 0 Å². The van der Waals surface area contributed by atoms with Crippen LogP contribution in [0.25, 0.3) is 5.70 Å². The number of quaternary nitrogens is 1. The number of aliphatic imine (C=N–C) groups is 1. The molecule has 1 aromatic heterocycles. The van der Waals surface area contributed by atoms with Gasteiger partial charge in [0.15, 0.2) is 11.4 Å². The summed E-state index contributed by atoms with van der Waals surface area (Å²) in [7, 11) is 0. The molecule has 1 unspecified atom stereocenters. The number of hydrogen-bond donors (Lipinski definition) is 0. The van der Waals surface area contributed by atoms with E-state index in [0.717, 1.165) is 28.2 Å². The zero-order valence-electron chi connectivity index (χ0n) is 16.9. The van der Waals surface area contributed by atoms with Gasteiger partial charge < -0.3 is 0 Å². The zero-order valence-corrected chi connectivity index (χ0v) is 16.9. The van der Waals surface area contributed by atoms with Gasteiger partial charge in [-0.2, -0.15) is 4.99 Å². The third-order valence-corrected chi connectivity index (χ3v) is 5.51. The lowest BCUT2D eigenvalue weighted by atomic mass is 10.0. The maximum absolute atomic E-state index is 14.0. The first-order valence-electron chi connectivity index (χ1n) is 10.1. The van der Waals surface area contributed by atoms with Crippen molar-refractivity contribution in [3.63, 3.8) is 0 Å². The van der Waals surface area contributed by atoms with E-state index in [2.05, 4.69) is 17.1 Å². The molecular weight excluding hydrogens is 384 g/mol. The van der Waals surface area contributed by atoms with Crippen molar-refractivity contribution in [2.45, 2.75) is 6.42 Å². The van der Waals surface area contributed by atoms with E-state index in [9.17, 15) is 4.79 Å². The first-order valence-corrected chi connectivity index (χ1v) is 10.1. The van der Waals surface area contributed by atoms with Crippen LogP contribution in [0.4, 0.5) is 10.5 Å². The van der Waals surface area contributed by atoms with Crippen molar-refractivity contribution in [3.8, 4) is 0 Å². The number of rotatable bonds is 4. The van der Waals surface area contributed by atoms with Crippen LogP contribution in [0.1, 0.15) is 11.1 Å². The van der Waals surface area contributed by atoms with E-state index in [1.807, 2.05) is 78.9 Å². The van der Waals surface area contributed by atoms with Crippen LogP contribution in [-0.4, -0.2) is 21.9 Å². The summed E-state index contributed by atoms with van der Waals surface area (Å²) in [5.74, 6) is 0. The van der Waals surface area contributed by atoms with Crippen molar-refractivity contribution in [1.29, 1.82) is 0 Å². The molecule has 5 rings (SSSR count). The van der Waals surface area contributed by atoms with Gasteiger partial charge in [0, 0.05) is 30.1 Å². The highest BCUT2D eigenvalue weighted by molar-refractivity contribution is 6.10. The highest BCUT2D eigenvalue weighted by Gasteiger charge is 2.49. The van der Waals surface area contributed by atoms with Crippen molar-refractivity contribution in [1.82, 2.24) is 14.0 Å². The summed E-state index contributed by atoms with van der Waals surface area (Å²) >= 11 is 0. The van der Waals surface area contributed by atoms with E-state index in [1.165, 1.54) is 4.57 Å². The average Bonchev–Trinajstić information content (AvgIpc) is 3.50. The van der Waals surface area contributed by atoms with Crippen LogP contribution < -0.4 is 4.48 Å². The highest BCUT2D eigenvalue weighted by atomic mass is 16.2. The monoisotopic (exact) mass is 405 g/mol. The number of aromatic nitrogens is 2. The Morgan fingerprint density at radius 1 is 0.839 bits per heavy atom. The van der Waals surface area contributed by atoms with E-state index in [4.69, 9.17) is 4.99 Å². The lowest BCUT2D eigenvalue weighted by Crippen LogP contribution is -2.53. The summed E-state index contributed by atoms with van der Waals surface area (Å²) in [6, 6.07) is 29.9. The van der Waals surface area contributed by atoms with E-state index in [0.29, 0.717) is 6.42 Å². The van der Waals surface area contributed by atoms with Gasteiger partial charge in [0.05, 0.1) is 6.42 Å². The Morgan fingerprint density at radius 2 is 1.48 bits per heavy atom. The minimum Gasteiger partial charge on any atom is -0.245 e. The summed E-state index contributed by atoms with van der Waals surface area (Å²) in [6.45, 7) is 0. The van der Waals surface area contributed by atoms with Crippen LogP contribution in [0.2, 0.25) is 0 Å². The van der Waals surface area contributed by atoms with E-state index in [-0.39, 0.29) is 10.5 Å². The molecule has 0 bridgehead atoms. The molecule has 0 aliphatic carbocycles. The number of carbonyl (C=O) groups excluding carboxylic acids is 1. The number of benzene rings is 3. The van der Waals surface area contributed by atoms with Crippen LogP contribution in [0.5, 0.6) is 0 Å². The molecule has 0 spiro atoms. The number of para-hydroxylation sites is 1. The molecule has 5 heteroatoms. The number of imidazole rings is 1. The standard InChI is InChI=1S/C26H21N4O/c31-26(29-17-16-27-19-29)30(23-14-8-3-9-15-23)20-28-25(22-12-6-2-7-13-22)24(30)18-21-10-4-1-5-11-21/h1-17,19-20H,18H2/q+1. The maximum atomic E-state index is 14.0. The fraction of sp³-hybridized carbons (Fsp3) is 0.0385. The molecule has 4 aromatic rings. The fourth-order valence-corrected chi connectivity index (χ4v) is 4.01. The van der Waals surface area contributed by atoms with Gasteiger partial charge in [0.1, 0.15) is 12.0 Å². The predicted molar refractivity (Wildman–Crippen MR) is 123 cm³/mol. The van der Waals surface area contributed by atoms with E-state index < -0.39 is 0 Å². The minimum atomic E-state index is -0.149. The number of carbonyl (C=O) groups is 1. The molecule has 0 fully saturated rings. The van der Waals surface area contributed by atoms with Crippen molar-refractivity contribution in [3.05, 3.63) is 127 Å². The van der Waals surface area contributed by atoms with Crippen molar-refractivity contribution in [2.75, 3.05) is 0 Å². The van der Waals surface area contributed by atoms with Crippen LogP contribution >= 0.6 is 0 Å². The second-order valence-corrected chi connectivity index (χ2v) is 7.38. The van der Waals surface area contributed by atoms with Gasteiger partial charge in [0.2, 0.25) is 6.34 Å². The number of nitrogens with zero attached hydrogens (tertiary/aromatic N) is 4. The van der Waals surface area contributed by atoms with Crippen LogP contribution in [0.15, 0.2) is 120 Å². The first kappa shape index (κ1) is 18.9. The molecule has 0 N–H and O–H groups in total. The lowest BCUT2D eigenvalue weighted by Gasteiger charge is -2.29. The second-order valence-electron chi connectivity index (χ2n) is 7.38. The third-order valence-electron chi connectivity index (χ3n) is 5.51. The molecule has 1 atom stereocenters. The number of hydrogen-bond acceptors (Lipinski definition) is 3. The van der Waals surface area contributed by atoms with Gasteiger partial charge in [-0.15, -0.1) is 4.48 Å². The van der Waals surface area contributed by atoms with E-state index >= 15 is 0 Å². The molecule has 3 aromatic carbocycles. The largest absolute Gasteiger partial charge is 0.444 e. The Morgan fingerprint density at radius 3 is 2.13 bits per heavy atom. The maximum Gasteiger partial charge on any atom is 0.444 e. The molecule has 0 radical (unpaired) electrons. The average molecular weight is 405 g/mol. The summed E-state index contributed by atoms with van der Waals surface area (Å²) in [5.41, 5.74) is 4.67. The zero-order chi connectivity index (χ0) is 21.1. The molecule has 1 amide bonds. The quantitative estimate of drug-likeness (QED) is 0.420. The van der Waals surface area contributed by atoms with Crippen LogP contribution in [0.3, 0.4) is 0 Å². The Bertz CT molecular complexity index is 1250. The summed E-state index contributed by atoms with van der Waals surface area (Å²) < 4.78 is 1.41. The van der Waals surface area contributed by atoms with Crippen LogP contribution in [-0.2, 0) is 6.42 Å². The molecule has 31 heavy (non-hydrogen) atoms. The molecule has 5 nitrogen and oxygen atoms in total. The topological polar surface area (TPSA) is 47.2 Å². The molecule has 0 saturated carbocycles. The van der Waals surface area contributed by atoms with Gasteiger partial charge in [-0.05, 0) is 5.56 Å². The first-order chi connectivity index (χ1) is 15.3. The second kappa shape index (κ2) is 7.97. The van der Waals surface area contributed by atoms with Crippen molar-refractivity contribution in [2.24, 2.45) is 4.99 Å². The Balaban J connectivity index is 1.77. The van der Waals surface area contributed by atoms with Gasteiger partial charge in [-0.1, -0.05) is 78.9 Å². The van der Waals surface area contributed by atoms with Crippen molar-refractivity contribution < 1.29 is 4.79 Å².